The second kappa shape index (κ2) is 10.9. The molecule has 2 aromatic heterocycles. The number of methoxy groups -OCH3 is 1. The zero-order valence-electron chi connectivity index (χ0n) is 20.1. The monoisotopic (exact) mass is 490 g/mol. The van der Waals surface area contributed by atoms with Crippen LogP contribution < -0.4 is 10.5 Å². The molecule has 182 valence electrons. The van der Waals surface area contributed by atoms with Gasteiger partial charge in [-0.05, 0) is 59.9 Å². The molecule has 0 spiro atoms. The van der Waals surface area contributed by atoms with Crippen LogP contribution in [0.2, 0.25) is 0 Å². The van der Waals surface area contributed by atoms with Crippen molar-refractivity contribution in [1.82, 2.24) is 14.5 Å². The van der Waals surface area contributed by atoms with Gasteiger partial charge in [0.1, 0.15) is 5.75 Å². The number of nitrogens with two attached hydrogens (primary N) is 1. The summed E-state index contributed by atoms with van der Waals surface area (Å²) in [6.45, 7) is 3.07. The fourth-order valence-electron chi connectivity index (χ4n) is 4.04. The van der Waals surface area contributed by atoms with Crippen molar-refractivity contribution in [1.29, 1.82) is 0 Å². The van der Waals surface area contributed by atoms with Crippen molar-refractivity contribution in [3.05, 3.63) is 99.5 Å². The van der Waals surface area contributed by atoms with E-state index in [-0.39, 0.29) is 0 Å². The highest BCUT2D eigenvalue weighted by Gasteiger charge is 2.38. The van der Waals surface area contributed by atoms with Gasteiger partial charge < -0.3 is 24.9 Å². The summed E-state index contributed by atoms with van der Waals surface area (Å²) in [5, 5.41) is 12.1. The number of hydrogen-bond acceptors (Lipinski definition) is 7. The largest absolute Gasteiger partial charge is 0.497 e. The Morgan fingerprint density at radius 3 is 2.60 bits per heavy atom. The summed E-state index contributed by atoms with van der Waals surface area (Å²) < 4.78 is 12.8. The summed E-state index contributed by atoms with van der Waals surface area (Å²) in [5.41, 5.74) is 11.7. The number of benzene rings is 2. The second-order valence-corrected chi connectivity index (χ2v) is 9.16. The normalized spacial score (nSPS) is 13.5. The third-order valence-electron chi connectivity index (χ3n) is 5.92. The van der Waals surface area contributed by atoms with E-state index in [1.165, 1.54) is 11.3 Å². The maximum Gasteiger partial charge on any atom is 0.167 e. The predicted octanol–water partition coefficient (Wildman–Crippen LogP) is 4.41. The number of rotatable bonds is 10. The fourth-order valence-corrected chi connectivity index (χ4v) is 4.79. The van der Waals surface area contributed by atoms with Crippen molar-refractivity contribution in [2.75, 3.05) is 26.1 Å². The Kier molecular flexibility index (Phi) is 7.65. The van der Waals surface area contributed by atoms with Crippen LogP contribution >= 0.6 is 11.3 Å². The van der Waals surface area contributed by atoms with E-state index in [9.17, 15) is 5.11 Å². The highest BCUT2D eigenvalue weighted by atomic mass is 32.1. The molecule has 0 aliphatic heterocycles. The van der Waals surface area contributed by atoms with Gasteiger partial charge in [0.25, 0.3) is 0 Å². The van der Waals surface area contributed by atoms with Gasteiger partial charge >= 0.3 is 0 Å². The Hall–Kier alpha value is -3.46. The van der Waals surface area contributed by atoms with Gasteiger partial charge in [0.05, 0.1) is 42.3 Å². The van der Waals surface area contributed by atoms with Crippen LogP contribution in [0.5, 0.6) is 5.75 Å². The van der Waals surface area contributed by atoms with Crippen LogP contribution in [0, 0.1) is 0 Å². The Morgan fingerprint density at radius 1 is 1.17 bits per heavy atom. The van der Waals surface area contributed by atoms with Crippen LogP contribution in [0.1, 0.15) is 34.2 Å². The lowest BCUT2D eigenvalue weighted by Gasteiger charge is -2.28. The number of hydrogen-bond donors (Lipinski definition) is 2. The number of thiazole rings is 1. The molecule has 1 atom stereocenters. The van der Waals surface area contributed by atoms with Crippen LogP contribution in [0.3, 0.4) is 0 Å². The molecule has 4 rings (SSSR count). The van der Waals surface area contributed by atoms with E-state index in [2.05, 4.69) is 16.0 Å². The van der Waals surface area contributed by atoms with Crippen molar-refractivity contribution in [2.24, 2.45) is 7.05 Å². The maximum atomic E-state index is 12.1. The van der Waals surface area contributed by atoms with Gasteiger partial charge in [0.2, 0.25) is 0 Å². The van der Waals surface area contributed by atoms with Gasteiger partial charge in [-0.15, -0.1) is 11.3 Å². The van der Waals surface area contributed by atoms with Crippen molar-refractivity contribution in [2.45, 2.75) is 18.9 Å². The molecule has 0 aliphatic rings. The maximum absolute atomic E-state index is 12.1. The predicted molar refractivity (Wildman–Crippen MR) is 139 cm³/mol. The summed E-state index contributed by atoms with van der Waals surface area (Å²) >= 11 is 1.39. The van der Waals surface area contributed by atoms with E-state index < -0.39 is 5.60 Å². The average Bonchev–Trinajstić information content (AvgIpc) is 3.56. The molecule has 7 nitrogen and oxygen atoms in total. The van der Waals surface area contributed by atoms with E-state index in [4.69, 9.17) is 15.2 Å². The lowest BCUT2D eigenvalue weighted by molar-refractivity contribution is 0.121. The zero-order chi connectivity index (χ0) is 24.8. The van der Waals surface area contributed by atoms with Crippen LogP contribution in [0.4, 0.5) is 5.69 Å². The molecule has 3 N–H and O–H groups in total. The Balaban J connectivity index is 1.76. The quantitative estimate of drug-likeness (QED) is 0.320. The topological polar surface area (TPSA) is 95.4 Å². The first kappa shape index (κ1) is 24.7. The van der Waals surface area contributed by atoms with Crippen molar-refractivity contribution < 1.29 is 14.6 Å². The third kappa shape index (κ3) is 5.30. The molecular formula is C27H30N4O3S. The van der Waals surface area contributed by atoms with Gasteiger partial charge in [0.15, 0.2) is 5.60 Å². The SMILES string of the molecule is CCOC/C(=C\c1cc(C(O)(c2cncs2)c2cncn2C)ccc1N)Cc1ccc(OC)cc1. The van der Waals surface area contributed by atoms with E-state index >= 15 is 0 Å². The second-order valence-electron chi connectivity index (χ2n) is 8.27. The number of nitrogens with zero attached hydrogens (tertiary/aromatic N) is 3. The van der Waals surface area contributed by atoms with Gasteiger partial charge in [0, 0.05) is 25.5 Å². The number of nitrogen functional groups attached to an aromatic ring is 1. The number of aromatic nitrogens is 3. The standard InChI is InChI=1S/C27H30N4O3S/c1-4-34-16-20(11-19-5-8-23(33-3)9-6-19)12-21-13-22(7-10-24(21)28)27(32,26-15-30-18-35-26)25-14-29-17-31(25)2/h5-10,12-15,17-18,32H,4,11,16,28H2,1-3H3/b20-12-. The zero-order valence-corrected chi connectivity index (χ0v) is 21.0. The van der Waals surface area contributed by atoms with E-state index in [0.717, 1.165) is 22.4 Å². The lowest BCUT2D eigenvalue weighted by atomic mass is 9.87. The summed E-state index contributed by atoms with van der Waals surface area (Å²) in [5.74, 6) is 0.818. The lowest BCUT2D eigenvalue weighted by Crippen LogP contribution is -2.30. The summed E-state index contributed by atoms with van der Waals surface area (Å²) in [6, 6.07) is 13.6. The number of anilines is 1. The molecule has 2 heterocycles. The minimum Gasteiger partial charge on any atom is -0.497 e. The van der Waals surface area contributed by atoms with Crippen molar-refractivity contribution in [3.8, 4) is 5.75 Å². The minimum atomic E-state index is -1.42. The van der Waals surface area contributed by atoms with Crippen LogP contribution in [-0.4, -0.2) is 40.0 Å². The average molecular weight is 491 g/mol. The van der Waals surface area contributed by atoms with Gasteiger partial charge in [-0.25, -0.2) is 4.98 Å². The van der Waals surface area contributed by atoms with Gasteiger partial charge in [-0.2, -0.15) is 0 Å². The molecule has 0 saturated heterocycles. The molecule has 1 unspecified atom stereocenters. The molecular weight excluding hydrogens is 460 g/mol. The smallest absolute Gasteiger partial charge is 0.167 e. The summed E-state index contributed by atoms with van der Waals surface area (Å²) in [7, 11) is 3.52. The number of aryl methyl sites for hydroxylation is 1. The van der Waals surface area contributed by atoms with Gasteiger partial charge in [-0.3, -0.25) is 4.98 Å². The highest BCUT2D eigenvalue weighted by Crippen LogP contribution is 2.39. The van der Waals surface area contributed by atoms with Crippen LogP contribution in [0.25, 0.3) is 6.08 Å². The van der Waals surface area contributed by atoms with Crippen LogP contribution in [0.15, 0.2) is 72.3 Å². The number of ether oxygens (including phenoxy) is 2. The Morgan fingerprint density at radius 2 is 1.97 bits per heavy atom. The van der Waals surface area contributed by atoms with Crippen LogP contribution in [-0.2, 0) is 23.8 Å². The van der Waals surface area contributed by atoms with Gasteiger partial charge in [-0.1, -0.05) is 24.3 Å². The molecule has 0 saturated carbocycles. The third-order valence-corrected chi connectivity index (χ3v) is 6.80. The molecule has 2 aromatic carbocycles. The Bertz CT molecular complexity index is 1280. The molecule has 0 aliphatic carbocycles. The van der Waals surface area contributed by atoms with Crippen molar-refractivity contribution >= 4 is 23.1 Å². The highest BCUT2D eigenvalue weighted by molar-refractivity contribution is 7.09. The first-order valence-corrected chi connectivity index (χ1v) is 12.2. The first-order chi connectivity index (χ1) is 17.0. The van der Waals surface area contributed by atoms with E-state index in [1.54, 1.807) is 31.3 Å². The summed E-state index contributed by atoms with van der Waals surface area (Å²) in [6.07, 6.45) is 7.79. The first-order valence-electron chi connectivity index (χ1n) is 11.3. The minimum absolute atomic E-state index is 0.479. The number of imidazole rings is 1. The van der Waals surface area contributed by atoms with E-state index in [1.807, 2.05) is 61.0 Å². The summed E-state index contributed by atoms with van der Waals surface area (Å²) in [4.78, 5) is 9.13. The molecule has 0 amide bonds. The molecule has 0 radical (unpaired) electrons. The number of aliphatic hydroxyl groups is 1. The van der Waals surface area contributed by atoms with E-state index in [0.29, 0.717) is 41.5 Å². The molecule has 0 bridgehead atoms. The molecule has 35 heavy (non-hydrogen) atoms. The Labute approximate surface area is 209 Å². The molecule has 8 heteroatoms. The fraction of sp³-hybridized carbons (Fsp3) is 0.259. The van der Waals surface area contributed by atoms with Crippen molar-refractivity contribution in [3.63, 3.8) is 0 Å². The molecule has 4 aromatic rings. The molecule has 0 fully saturated rings.